The molecule has 132 valence electrons. The number of aryl methyl sites for hydroxylation is 1. The second kappa shape index (κ2) is 6.02. The highest BCUT2D eigenvalue weighted by Gasteiger charge is 2.21. The Morgan fingerprint density at radius 3 is 2.78 bits per heavy atom. The molecule has 4 heteroatoms. The zero-order valence-electron chi connectivity index (χ0n) is 14.9. The lowest BCUT2D eigenvalue weighted by Gasteiger charge is -2.06. The van der Waals surface area contributed by atoms with E-state index in [1.807, 2.05) is 43.6 Å². The molecule has 4 aromatic rings. The highest BCUT2D eigenvalue weighted by atomic mass is 16.5. The Hall–Kier alpha value is -3.53. The lowest BCUT2D eigenvalue weighted by Crippen LogP contribution is -1.94. The molecule has 0 spiro atoms. The predicted octanol–water partition coefficient (Wildman–Crippen LogP) is 4.92. The third-order valence-electron chi connectivity index (χ3n) is 4.99. The van der Waals surface area contributed by atoms with Gasteiger partial charge in [0.2, 0.25) is 0 Å². The number of allylic oxidation sites excluding steroid dienone is 1. The second-order valence-electron chi connectivity index (χ2n) is 6.74. The van der Waals surface area contributed by atoms with Crippen molar-refractivity contribution in [1.29, 1.82) is 0 Å². The smallest absolute Gasteiger partial charge is 0.140 e. The Kier molecular flexibility index (Phi) is 3.50. The molecule has 0 saturated carbocycles. The molecule has 0 aliphatic carbocycles. The quantitative estimate of drug-likeness (QED) is 0.556. The minimum absolute atomic E-state index is 0.217. The molecule has 0 bridgehead atoms. The van der Waals surface area contributed by atoms with Crippen molar-refractivity contribution in [2.75, 3.05) is 0 Å². The molecule has 0 amide bonds. The van der Waals surface area contributed by atoms with Crippen LogP contribution >= 0.6 is 0 Å². The second-order valence-corrected chi connectivity index (χ2v) is 6.74. The zero-order valence-corrected chi connectivity index (χ0v) is 14.9. The summed E-state index contributed by atoms with van der Waals surface area (Å²) in [6.07, 6.45) is 4.63. The SMILES string of the molecule is Cn1c(-c2ccccc2)c(C=C2Cc3ccc(O)cc3O2)c2cccnc21. The maximum absolute atomic E-state index is 9.70. The summed E-state index contributed by atoms with van der Waals surface area (Å²) in [4.78, 5) is 4.57. The van der Waals surface area contributed by atoms with E-state index in [1.165, 1.54) is 0 Å². The molecule has 1 aliphatic rings. The topological polar surface area (TPSA) is 47.3 Å². The fraction of sp³-hybridized carbons (Fsp3) is 0.0870. The van der Waals surface area contributed by atoms with Crippen LogP contribution in [0.3, 0.4) is 0 Å². The van der Waals surface area contributed by atoms with Crippen LogP contribution in [0.4, 0.5) is 0 Å². The molecule has 2 aromatic heterocycles. The summed E-state index contributed by atoms with van der Waals surface area (Å²) in [7, 11) is 2.04. The fourth-order valence-corrected chi connectivity index (χ4v) is 3.77. The summed E-state index contributed by atoms with van der Waals surface area (Å²) in [5.41, 5.74) is 5.37. The number of fused-ring (bicyclic) bond motifs is 2. The third kappa shape index (κ3) is 2.57. The summed E-state index contributed by atoms with van der Waals surface area (Å²) >= 11 is 0. The van der Waals surface area contributed by atoms with Crippen molar-refractivity contribution in [1.82, 2.24) is 9.55 Å². The van der Waals surface area contributed by atoms with Gasteiger partial charge in [-0.15, -0.1) is 0 Å². The van der Waals surface area contributed by atoms with E-state index in [0.29, 0.717) is 6.42 Å². The van der Waals surface area contributed by atoms with Crippen molar-refractivity contribution in [2.45, 2.75) is 6.42 Å². The molecule has 0 atom stereocenters. The van der Waals surface area contributed by atoms with Gasteiger partial charge in [0.15, 0.2) is 0 Å². The van der Waals surface area contributed by atoms with Crippen LogP contribution in [-0.4, -0.2) is 14.7 Å². The molecule has 3 heterocycles. The summed E-state index contributed by atoms with van der Waals surface area (Å²) in [6, 6.07) is 19.7. The first-order valence-electron chi connectivity index (χ1n) is 8.90. The van der Waals surface area contributed by atoms with Crippen LogP contribution in [0.15, 0.2) is 72.6 Å². The van der Waals surface area contributed by atoms with Crippen LogP contribution in [0.5, 0.6) is 11.5 Å². The number of hydrogen-bond donors (Lipinski definition) is 1. The number of aromatic nitrogens is 2. The van der Waals surface area contributed by atoms with Crippen LogP contribution in [0.25, 0.3) is 28.4 Å². The van der Waals surface area contributed by atoms with Crippen LogP contribution < -0.4 is 4.74 Å². The first-order chi connectivity index (χ1) is 13.2. The van der Waals surface area contributed by atoms with Gasteiger partial charge in [-0.05, 0) is 29.8 Å². The Labute approximate surface area is 157 Å². The Balaban J connectivity index is 1.70. The average molecular weight is 354 g/mol. The number of pyridine rings is 1. The summed E-state index contributed by atoms with van der Waals surface area (Å²) in [5, 5.41) is 10.8. The van der Waals surface area contributed by atoms with Crippen molar-refractivity contribution >= 4 is 17.1 Å². The van der Waals surface area contributed by atoms with E-state index in [2.05, 4.69) is 33.8 Å². The van der Waals surface area contributed by atoms with Gasteiger partial charge in [-0.3, -0.25) is 0 Å². The summed E-state index contributed by atoms with van der Waals surface area (Å²) in [5.74, 6) is 1.80. The number of ether oxygens (including phenoxy) is 1. The highest BCUT2D eigenvalue weighted by Crippen LogP contribution is 2.38. The number of aromatic hydroxyl groups is 1. The summed E-state index contributed by atoms with van der Waals surface area (Å²) < 4.78 is 8.14. The van der Waals surface area contributed by atoms with Gasteiger partial charge >= 0.3 is 0 Å². The first kappa shape index (κ1) is 15.7. The van der Waals surface area contributed by atoms with Gasteiger partial charge < -0.3 is 14.4 Å². The van der Waals surface area contributed by atoms with Gasteiger partial charge in [-0.2, -0.15) is 0 Å². The van der Waals surface area contributed by atoms with Crippen LogP contribution in [0.2, 0.25) is 0 Å². The van der Waals surface area contributed by atoms with Gasteiger partial charge in [-0.25, -0.2) is 4.98 Å². The van der Waals surface area contributed by atoms with Gasteiger partial charge in [0.05, 0.1) is 5.69 Å². The molecule has 0 fully saturated rings. The molecule has 0 saturated heterocycles. The van der Waals surface area contributed by atoms with Crippen molar-refractivity contribution in [3.8, 4) is 22.8 Å². The minimum atomic E-state index is 0.217. The van der Waals surface area contributed by atoms with Crippen molar-refractivity contribution < 1.29 is 9.84 Å². The third-order valence-corrected chi connectivity index (χ3v) is 4.99. The monoisotopic (exact) mass is 354 g/mol. The molecule has 5 rings (SSSR count). The van der Waals surface area contributed by atoms with Crippen LogP contribution in [-0.2, 0) is 13.5 Å². The number of nitrogens with zero attached hydrogens (tertiary/aromatic N) is 2. The molecule has 1 N–H and O–H groups in total. The van der Waals surface area contributed by atoms with E-state index < -0.39 is 0 Å². The standard InChI is InChI=1S/C23H18N2O2/c1-25-22(15-6-3-2-4-7-15)20(19-8-5-11-24-23(19)25)14-18-12-16-9-10-17(26)13-21(16)27-18/h2-11,13-14,26H,12H2,1H3. The molecule has 4 nitrogen and oxygen atoms in total. The molecule has 2 aromatic carbocycles. The van der Waals surface area contributed by atoms with Crippen LogP contribution in [0, 0.1) is 0 Å². The van der Waals surface area contributed by atoms with Gasteiger partial charge in [0, 0.05) is 42.2 Å². The molecule has 0 unspecified atom stereocenters. The van der Waals surface area contributed by atoms with E-state index in [1.54, 1.807) is 12.1 Å². The van der Waals surface area contributed by atoms with E-state index >= 15 is 0 Å². The first-order valence-corrected chi connectivity index (χ1v) is 8.90. The fourth-order valence-electron chi connectivity index (χ4n) is 3.77. The zero-order chi connectivity index (χ0) is 18.4. The van der Waals surface area contributed by atoms with Crippen molar-refractivity contribution in [3.63, 3.8) is 0 Å². The van der Waals surface area contributed by atoms with E-state index in [9.17, 15) is 5.11 Å². The van der Waals surface area contributed by atoms with E-state index in [4.69, 9.17) is 4.74 Å². The number of phenols is 1. The molecular weight excluding hydrogens is 336 g/mol. The minimum Gasteiger partial charge on any atom is -0.508 e. The Morgan fingerprint density at radius 1 is 1.07 bits per heavy atom. The lowest BCUT2D eigenvalue weighted by molar-refractivity contribution is 0.440. The Bertz CT molecular complexity index is 1190. The predicted molar refractivity (Wildman–Crippen MR) is 107 cm³/mol. The molecule has 27 heavy (non-hydrogen) atoms. The van der Waals surface area contributed by atoms with E-state index in [0.717, 1.165) is 44.9 Å². The lowest BCUT2D eigenvalue weighted by atomic mass is 10.0. The molecule has 0 radical (unpaired) electrons. The number of rotatable bonds is 2. The van der Waals surface area contributed by atoms with E-state index in [-0.39, 0.29) is 5.75 Å². The average Bonchev–Trinajstić information content (AvgIpc) is 3.21. The maximum Gasteiger partial charge on any atom is 0.140 e. The van der Waals surface area contributed by atoms with Crippen molar-refractivity contribution in [3.05, 3.63) is 83.7 Å². The highest BCUT2D eigenvalue weighted by molar-refractivity contribution is 5.96. The van der Waals surface area contributed by atoms with Gasteiger partial charge in [0.1, 0.15) is 22.9 Å². The van der Waals surface area contributed by atoms with Crippen LogP contribution in [0.1, 0.15) is 11.1 Å². The molecular formula is C23H18N2O2. The molecule has 1 aliphatic heterocycles. The number of benzene rings is 2. The van der Waals surface area contributed by atoms with Gasteiger partial charge in [0.25, 0.3) is 0 Å². The van der Waals surface area contributed by atoms with Gasteiger partial charge in [-0.1, -0.05) is 36.4 Å². The normalized spacial score (nSPS) is 14.5. The van der Waals surface area contributed by atoms with Crippen molar-refractivity contribution in [2.24, 2.45) is 7.05 Å². The maximum atomic E-state index is 9.70. The Morgan fingerprint density at radius 2 is 1.93 bits per heavy atom. The number of phenolic OH excluding ortho intramolecular Hbond substituents is 1. The summed E-state index contributed by atoms with van der Waals surface area (Å²) in [6.45, 7) is 0. The number of hydrogen-bond acceptors (Lipinski definition) is 3. The largest absolute Gasteiger partial charge is 0.508 e.